The first kappa shape index (κ1) is 16.4. The maximum atomic E-state index is 12.2. The lowest BCUT2D eigenvalue weighted by Crippen LogP contribution is -2.37. The third-order valence-corrected chi connectivity index (χ3v) is 4.02. The van der Waals surface area contributed by atoms with Gasteiger partial charge in [-0.1, -0.05) is 41.0 Å². The van der Waals surface area contributed by atoms with Crippen molar-refractivity contribution in [3.63, 3.8) is 0 Å². The number of ether oxygens (including phenoxy) is 3. The van der Waals surface area contributed by atoms with Gasteiger partial charge in [0.25, 0.3) is 5.89 Å². The van der Waals surface area contributed by atoms with Gasteiger partial charge < -0.3 is 18.7 Å². The molecule has 0 saturated heterocycles. The van der Waals surface area contributed by atoms with Gasteiger partial charge in [-0.15, -0.1) is 0 Å². The first-order valence-corrected chi connectivity index (χ1v) is 8.21. The van der Waals surface area contributed by atoms with Crippen molar-refractivity contribution < 1.29 is 23.5 Å². The third kappa shape index (κ3) is 3.34. The maximum Gasteiger partial charge on any atom is 0.351 e. The Kier molecular flexibility index (Phi) is 4.45. The lowest BCUT2D eigenvalue weighted by atomic mass is 10.2. The molecule has 0 fully saturated rings. The molecule has 0 spiro atoms. The van der Waals surface area contributed by atoms with Crippen LogP contribution in [0.1, 0.15) is 5.89 Å². The normalized spacial score (nSPS) is 15.5. The number of halogens is 1. The summed E-state index contributed by atoms with van der Waals surface area (Å²) in [5.41, 5.74) is 0.635. The quantitative estimate of drug-likeness (QED) is 0.650. The smallest absolute Gasteiger partial charge is 0.351 e. The van der Waals surface area contributed by atoms with Crippen LogP contribution in [-0.4, -0.2) is 28.8 Å². The van der Waals surface area contributed by atoms with Crippen molar-refractivity contribution in [3.8, 4) is 22.9 Å². The zero-order valence-corrected chi connectivity index (χ0v) is 14.2. The molecule has 8 heteroatoms. The van der Waals surface area contributed by atoms with Gasteiger partial charge in [-0.2, -0.15) is 4.98 Å². The number of rotatable bonds is 4. The Labute approximate surface area is 153 Å². The molecule has 7 nitrogen and oxygen atoms in total. The molecule has 2 aromatic carbocycles. The fraction of sp³-hybridized carbons (Fsp3) is 0.167. The number of hydrogen-bond donors (Lipinski definition) is 0. The Bertz CT molecular complexity index is 943. The lowest BCUT2D eigenvalue weighted by Gasteiger charge is -2.24. The van der Waals surface area contributed by atoms with Crippen molar-refractivity contribution in [2.24, 2.45) is 0 Å². The van der Waals surface area contributed by atoms with Crippen molar-refractivity contribution in [1.29, 1.82) is 0 Å². The van der Waals surface area contributed by atoms with E-state index in [1.54, 1.807) is 36.4 Å². The molecule has 0 unspecified atom stereocenters. The van der Waals surface area contributed by atoms with Crippen LogP contribution in [0.5, 0.6) is 11.5 Å². The second kappa shape index (κ2) is 7.05. The molecule has 1 aliphatic rings. The van der Waals surface area contributed by atoms with E-state index >= 15 is 0 Å². The molecule has 1 aliphatic heterocycles. The summed E-state index contributed by atoms with van der Waals surface area (Å²) < 4.78 is 21.4. The summed E-state index contributed by atoms with van der Waals surface area (Å²) in [7, 11) is 0. The predicted octanol–water partition coefficient (Wildman–Crippen LogP) is 3.27. The molecule has 0 radical (unpaired) electrons. The highest BCUT2D eigenvalue weighted by Crippen LogP contribution is 2.31. The molecule has 0 N–H and O–H groups in total. The molecule has 3 aromatic rings. The number of hydrogen-bond acceptors (Lipinski definition) is 7. The summed E-state index contributed by atoms with van der Waals surface area (Å²) in [6.45, 7) is -0.0949. The molecular formula is C18H13ClN2O5. The number of aromatic nitrogens is 2. The Morgan fingerprint density at radius 2 is 1.92 bits per heavy atom. The van der Waals surface area contributed by atoms with Crippen LogP contribution in [-0.2, 0) is 16.1 Å². The van der Waals surface area contributed by atoms with E-state index < -0.39 is 12.1 Å². The fourth-order valence-corrected chi connectivity index (χ4v) is 2.65. The second-order valence-corrected chi connectivity index (χ2v) is 5.87. The van der Waals surface area contributed by atoms with Gasteiger partial charge in [0.15, 0.2) is 18.1 Å². The molecule has 26 heavy (non-hydrogen) atoms. The van der Waals surface area contributed by atoms with Gasteiger partial charge in [-0.3, -0.25) is 0 Å². The molecule has 4 rings (SSSR count). The van der Waals surface area contributed by atoms with Crippen LogP contribution < -0.4 is 9.47 Å². The van der Waals surface area contributed by atoms with E-state index in [4.69, 9.17) is 30.3 Å². The Morgan fingerprint density at radius 3 is 2.77 bits per heavy atom. The van der Waals surface area contributed by atoms with Crippen molar-refractivity contribution >= 4 is 17.6 Å². The van der Waals surface area contributed by atoms with Crippen LogP contribution in [0, 0.1) is 0 Å². The Hall–Kier alpha value is -3.06. The SMILES string of the molecule is O=C(OCc1nc(-c2ccccc2Cl)no1)[C@H]1COc2ccccc2O1. The first-order valence-electron chi connectivity index (χ1n) is 7.83. The molecule has 0 bridgehead atoms. The number of benzene rings is 2. The molecule has 2 heterocycles. The topological polar surface area (TPSA) is 83.7 Å². The minimum absolute atomic E-state index is 0.0740. The van der Waals surface area contributed by atoms with Crippen LogP contribution in [0.4, 0.5) is 0 Å². The van der Waals surface area contributed by atoms with Gasteiger partial charge in [-0.25, -0.2) is 4.79 Å². The zero-order valence-electron chi connectivity index (χ0n) is 13.4. The molecular weight excluding hydrogens is 360 g/mol. The molecule has 1 aromatic heterocycles. The minimum Gasteiger partial charge on any atom is -0.485 e. The lowest BCUT2D eigenvalue weighted by molar-refractivity contribution is -0.156. The summed E-state index contributed by atoms with van der Waals surface area (Å²) >= 11 is 6.10. The molecule has 0 saturated carbocycles. The number of carbonyl (C=O) groups excluding carboxylic acids is 1. The van der Waals surface area contributed by atoms with E-state index in [2.05, 4.69) is 10.1 Å². The van der Waals surface area contributed by atoms with Crippen LogP contribution in [0.15, 0.2) is 53.1 Å². The summed E-state index contributed by atoms with van der Waals surface area (Å²) in [4.78, 5) is 16.4. The highest BCUT2D eigenvalue weighted by molar-refractivity contribution is 6.33. The monoisotopic (exact) mass is 372 g/mol. The van der Waals surface area contributed by atoms with Crippen molar-refractivity contribution in [3.05, 3.63) is 59.4 Å². The fourth-order valence-electron chi connectivity index (χ4n) is 2.43. The van der Waals surface area contributed by atoms with Crippen LogP contribution in [0.25, 0.3) is 11.4 Å². The summed E-state index contributed by atoms with van der Waals surface area (Å²) in [6, 6.07) is 14.2. The second-order valence-electron chi connectivity index (χ2n) is 5.46. The summed E-state index contributed by atoms with van der Waals surface area (Å²) in [5.74, 6) is 1.01. The number of carbonyl (C=O) groups is 1. The van der Waals surface area contributed by atoms with Crippen molar-refractivity contribution in [2.75, 3.05) is 6.61 Å². The largest absolute Gasteiger partial charge is 0.485 e. The number of esters is 1. The van der Waals surface area contributed by atoms with Gasteiger partial charge in [0, 0.05) is 5.56 Å². The standard InChI is InChI=1S/C18H13ClN2O5/c19-12-6-2-1-5-11(12)17-20-16(26-21-17)10-24-18(22)15-9-23-13-7-3-4-8-14(13)25-15/h1-8,15H,9-10H2/t15-/m1/s1. The van der Waals surface area contributed by atoms with Crippen molar-refractivity contribution in [2.45, 2.75) is 12.7 Å². The zero-order chi connectivity index (χ0) is 17.9. The maximum absolute atomic E-state index is 12.2. The summed E-state index contributed by atoms with van der Waals surface area (Å²) in [5, 5.41) is 4.35. The van der Waals surface area contributed by atoms with E-state index in [1.807, 2.05) is 12.1 Å². The van der Waals surface area contributed by atoms with Crippen molar-refractivity contribution in [1.82, 2.24) is 10.1 Å². The van der Waals surface area contributed by atoms with Gasteiger partial charge in [0.1, 0.15) is 6.61 Å². The van der Waals surface area contributed by atoms with Gasteiger partial charge >= 0.3 is 5.97 Å². The van der Waals surface area contributed by atoms with Gasteiger partial charge in [0.05, 0.1) is 5.02 Å². The average Bonchev–Trinajstić information content (AvgIpc) is 3.15. The predicted molar refractivity (Wildman–Crippen MR) is 90.9 cm³/mol. The number of nitrogens with zero attached hydrogens (tertiary/aromatic N) is 2. The summed E-state index contributed by atoms with van der Waals surface area (Å²) in [6.07, 6.45) is -0.851. The van der Waals surface area contributed by atoms with Gasteiger partial charge in [-0.05, 0) is 24.3 Å². The van der Waals surface area contributed by atoms with Crippen LogP contribution in [0.3, 0.4) is 0 Å². The average molecular weight is 373 g/mol. The molecule has 0 amide bonds. The number of fused-ring (bicyclic) bond motifs is 1. The van der Waals surface area contributed by atoms with E-state index in [1.165, 1.54) is 0 Å². The van der Waals surface area contributed by atoms with E-state index in [-0.39, 0.29) is 19.1 Å². The van der Waals surface area contributed by atoms with Crippen LogP contribution in [0.2, 0.25) is 5.02 Å². The molecule has 132 valence electrons. The molecule has 0 aliphatic carbocycles. The first-order chi connectivity index (χ1) is 12.7. The van der Waals surface area contributed by atoms with E-state index in [0.29, 0.717) is 27.9 Å². The number of para-hydroxylation sites is 2. The van der Waals surface area contributed by atoms with Gasteiger partial charge in [0.2, 0.25) is 11.9 Å². The Morgan fingerprint density at radius 1 is 1.15 bits per heavy atom. The highest BCUT2D eigenvalue weighted by Gasteiger charge is 2.29. The molecule has 1 atom stereocenters. The third-order valence-electron chi connectivity index (χ3n) is 3.69. The van der Waals surface area contributed by atoms with E-state index in [0.717, 1.165) is 0 Å². The highest BCUT2D eigenvalue weighted by atomic mass is 35.5. The Balaban J connectivity index is 1.38. The van der Waals surface area contributed by atoms with E-state index in [9.17, 15) is 4.79 Å². The minimum atomic E-state index is -0.851. The van der Waals surface area contributed by atoms with Crippen LogP contribution >= 0.6 is 11.6 Å².